The van der Waals surface area contributed by atoms with E-state index in [9.17, 15) is 22.7 Å². The molecule has 2 rings (SSSR count). The number of aliphatic hydroxyl groups is 1. The third kappa shape index (κ3) is 2.93. The van der Waals surface area contributed by atoms with E-state index in [1.54, 1.807) is 12.3 Å². The summed E-state index contributed by atoms with van der Waals surface area (Å²) >= 11 is 1.13. The Labute approximate surface area is 110 Å². The monoisotopic (exact) mass is 291 g/mol. The van der Waals surface area contributed by atoms with Crippen molar-refractivity contribution in [3.8, 4) is 0 Å². The van der Waals surface area contributed by atoms with Crippen LogP contribution < -0.4 is 0 Å². The summed E-state index contributed by atoms with van der Waals surface area (Å²) in [5.74, 6) is -1.36. The molecule has 2 nitrogen and oxygen atoms in total. The van der Waals surface area contributed by atoms with E-state index in [2.05, 4.69) is 4.98 Å². The molecule has 19 heavy (non-hydrogen) atoms. The predicted molar refractivity (Wildman–Crippen MR) is 62.3 cm³/mol. The molecule has 0 aliphatic rings. The molecule has 7 heteroatoms. The van der Waals surface area contributed by atoms with E-state index in [-0.39, 0.29) is 10.6 Å². The number of aromatic nitrogens is 1. The van der Waals surface area contributed by atoms with Crippen LogP contribution in [0.25, 0.3) is 0 Å². The number of nitrogens with zero attached hydrogens (tertiary/aromatic N) is 1. The number of aliphatic hydroxyl groups excluding tert-OH is 1. The van der Waals surface area contributed by atoms with Crippen LogP contribution in [0.5, 0.6) is 0 Å². The fourth-order valence-corrected chi connectivity index (χ4v) is 2.38. The number of benzene rings is 1. The van der Waals surface area contributed by atoms with Crippen LogP contribution in [0.4, 0.5) is 17.6 Å². The van der Waals surface area contributed by atoms with Gasteiger partial charge in [-0.3, -0.25) is 0 Å². The van der Waals surface area contributed by atoms with Crippen LogP contribution in [0, 0.1) is 12.7 Å². The second-order valence-electron chi connectivity index (χ2n) is 3.97. The first-order valence-electron chi connectivity index (χ1n) is 5.26. The van der Waals surface area contributed by atoms with Gasteiger partial charge in [0, 0.05) is 11.1 Å². The van der Waals surface area contributed by atoms with Crippen molar-refractivity contribution in [2.24, 2.45) is 0 Å². The van der Waals surface area contributed by atoms with Crippen molar-refractivity contribution < 1.29 is 22.7 Å². The van der Waals surface area contributed by atoms with Crippen LogP contribution in [0.2, 0.25) is 0 Å². The smallest absolute Gasteiger partial charge is 0.381 e. The normalized spacial score (nSPS) is 13.6. The molecule has 1 N–H and O–H groups in total. The molecule has 0 aliphatic heterocycles. The third-order valence-corrected chi connectivity index (χ3v) is 3.50. The summed E-state index contributed by atoms with van der Waals surface area (Å²) in [6.07, 6.45) is -6.08. The van der Waals surface area contributed by atoms with Gasteiger partial charge in [-0.1, -0.05) is 6.07 Å². The number of hydrogen-bond acceptors (Lipinski definition) is 3. The molecule has 1 aromatic carbocycles. The Kier molecular flexibility index (Phi) is 3.60. The summed E-state index contributed by atoms with van der Waals surface area (Å²) in [5, 5.41) is 11.9. The largest absolute Gasteiger partial charge is 0.419 e. The van der Waals surface area contributed by atoms with Crippen molar-refractivity contribution in [1.82, 2.24) is 4.98 Å². The van der Waals surface area contributed by atoms with Crippen LogP contribution in [-0.2, 0) is 6.18 Å². The van der Waals surface area contributed by atoms with E-state index < -0.39 is 23.7 Å². The molecule has 0 saturated carbocycles. The predicted octanol–water partition coefficient (Wildman–Crippen LogP) is 3.69. The lowest BCUT2D eigenvalue weighted by molar-refractivity contribution is -0.140. The average Bonchev–Trinajstić information content (AvgIpc) is 2.74. The average molecular weight is 291 g/mol. The molecule has 0 amide bonds. The summed E-state index contributed by atoms with van der Waals surface area (Å²) in [6.45, 7) is 1.71. The second-order valence-corrected chi connectivity index (χ2v) is 4.86. The molecule has 0 saturated heterocycles. The lowest BCUT2D eigenvalue weighted by Gasteiger charge is -2.12. The molecule has 2 aromatic rings. The van der Waals surface area contributed by atoms with Crippen LogP contribution in [0.1, 0.15) is 27.9 Å². The lowest BCUT2D eigenvalue weighted by Crippen LogP contribution is -2.10. The van der Waals surface area contributed by atoms with Crippen molar-refractivity contribution in [2.45, 2.75) is 19.2 Å². The molecule has 0 bridgehead atoms. The van der Waals surface area contributed by atoms with E-state index >= 15 is 0 Å². The van der Waals surface area contributed by atoms with Crippen molar-refractivity contribution in [1.29, 1.82) is 0 Å². The minimum Gasteiger partial charge on any atom is -0.381 e. The topological polar surface area (TPSA) is 33.1 Å². The van der Waals surface area contributed by atoms with E-state index in [1.165, 1.54) is 0 Å². The van der Waals surface area contributed by atoms with Crippen LogP contribution in [0.15, 0.2) is 23.6 Å². The molecule has 1 heterocycles. The lowest BCUT2D eigenvalue weighted by atomic mass is 10.1. The van der Waals surface area contributed by atoms with E-state index in [4.69, 9.17) is 0 Å². The number of rotatable bonds is 2. The third-order valence-electron chi connectivity index (χ3n) is 2.48. The molecule has 0 aliphatic carbocycles. The highest BCUT2D eigenvalue weighted by Crippen LogP contribution is 2.34. The van der Waals surface area contributed by atoms with Gasteiger partial charge in [0.1, 0.15) is 16.9 Å². The van der Waals surface area contributed by atoms with Gasteiger partial charge in [0.2, 0.25) is 0 Å². The zero-order valence-electron chi connectivity index (χ0n) is 9.70. The highest BCUT2D eigenvalue weighted by Gasteiger charge is 2.34. The maximum Gasteiger partial charge on any atom is 0.419 e. The van der Waals surface area contributed by atoms with Gasteiger partial charge in [0.25, 0.3) is 0 Å². The van der Waals surface area contributed by atoms with Crippen LogP contribution in [-0.4, -0.2) is 10.1 Å². The van der Waals surface area contributed by atoms with Gasteiger partial charge >= 0.3 is 6.18 Å². The first kappa shape index (κ1) is 14.0. The van der Waals surface area contributed by atoms with Gasteiger partial charge in [-0.15, -0.1) is 11.3 Å². The molecule has 1 aromatic heterocycles. The Bertz CT molecular complexity index is 594. The highest BCUT2D eigenvalue weighted by molar-refractivity contribution is 7.09. The Balaban J connectivity index is 2.41. The minimum absolute atomic E-state index is 0.0388. The van der Waals surface area contributed by atoms with Gasteiger partial charge in [-0.2, -0.15) is 13.2 Å². The molecular weight excluding hydrogens is 282 g/mol. The Hall–Kier alpha value is -1.47. The highest BCUT2D eigenvalue weighted by atomic mass is 32.1. The first-order valence-corrected chi connectivity index (χ1v) is 6.13. The number of aryl methyl sites for hydroxylation is 1. The molecular formula is C12H9F4NOS. The molecule has 0 fully saturated rings. The Morgan fingerprint density at radius 3 is 2.53 bits per heavy atom. The maximum atomic E-state index is 13.1. The number of alkyl halides is 3. The van der Waals surface area contributed by atoms with Crippen molar-refractivity contribution in [3.05, 3.63) is 51.2 Å². The minimum atomic E-state index is -4.79. The van der Waals surface area contributed by atoms with E-state index in [1.807, 2.05) is 0 Å². The van der Waals surface area contributed by atoms with Gasteiger partial charge in [-0.25, -0.2) is 9.37 Å². The van der Waals surface area contributed by atoms with Gasteiger partial charge in [-0.05, 0) is 24.6 Å². The summed E-state index contributed by atoms with van der Waals surface area (Å²) in [5.41, 5.74) is -0.766. The van der Waals surface area contributed by atoms with E-state index in [0.29, 0.717) is 17.8 Å². The second kappa shape index (κ2) is 4.90. The fourth-order valence-electron chi connectivity index (χ4n) is 1.57. The quantitative estimate of drug-likeness (QED) is 0.856. The van der Waals surface area contributed by atoms with E-state index in [0.717, 1.165) is 17.4 Å². The summed E-state index contributed by atoms with van der Waals surface area (Å²) in [4.78, 5) is 3.99. The van der Waals surface area contributed by atoms with Crippen molar-refractivity contribution in [2.75, 3.05) is 0 Å². The number of halogens is 4. The van der Waals surface area contributed by atoms with Crippen LogP contribution in [0.3, 0.4) is 0 Å². The number of thiazole rings is 1. The van der Waals surface area contributed by atoms with Crippen LogP contribution >= 0.6 is 11.3 Å². The maximum absolute atomic E-state index is 13.1. The van der Waals surface area contributed by atoms with Gasteiger partial charge in [0.15, 0.2) is 0 Å². The van der Waals surface area contributed by atoms with Gasteiger partial charge in [0.05, 0.1) is 5.56 Å². The zero-order chi connectivity index (χ0) is 14.2. The standard InChI is InChI=1S/C12H9F4NOS/c1-6-5-19-11(17-6)10(18)7-2-3-9(13)8(4-7)12(14,15)16/h2-5,10,18H,1H3. The Morgan fingerprint density at radius 1 is 1.32 bits per heavy atom. The molecule has 1 atom stereocenters. The first-order chi connectivity index (χ1) is 8.79. The number of hydrogen-bond donors (Lipinski definition) is 1. The molecule has 1 unspecified atom stereocenters. The Morgan fingerprint density at radius 2 is 2.00 bits per heavy atom. The summed E-state index contributed by atoms with van der Waals surface area (Å²) in [6, 6.07) is 2.42. The zero-order valence-corrected chi connectivity index (χ0v) is 10.5. The summed E-state index contributed by atoms with van der Waals surface area (Å²) in [7, 11) is 0. The van der Waals surface area contributed by atoms with Crippen molar-refractivity contribution >= 4 is 11.3 Å². The molecule has 0 spiro atoms. The van der Waals surface area contributed by atoms with Gasteiger partial charge < -0.3 is 5.11 Å². The fraction of sp³-hybridized carbons (Fsp3) is 0.250. The SMILES string of the molecule is Cc1csc(C(O)c2ccc(F)c(C(F)(F)F)c2)n1. The summed E-state index contributed by atoms with van der Waals surface area (Å²) < 4.78 is 50.8. The van der Waals surface area contributed by atoms with Crippen molar-refractivity contribution in [3.63, 3.8) is 0 Å². The molecule has 102 valence electrons. The molecule has 0 radical (unpaired) electrons.